The third-order valence-corrected chi connectivity index (χ3v) is 27.7. The number of para-hydroxylation sites is 6. The molecule has 130 heavy (non-hydrogen) atoms. The summed E-state index contributed by atoms with van der Waals surface area (Å²) < 4.78 is 9.74. The molecule has 0 saturated carbocycles. The maximum absolute atomic E-state index is 5.50. The first-order chi connectivity index (χ1) is 63.9. The lowest BCUT2D eigenvalue weighted by atomic mass is 9.81. The quantitative estimate of drug-likeness (QED) is 0.114. The zero-order chi connectivity index (χ0) is 86.2. The number of fused-ring (bicyclic) bond motifs is 20. The summed E-state index contributed by atoms with van der Waals surface area (Å²) in [4.78, 5) is 32.4. The van der Waals surface area contributed by atoms with Gasteiger partial charge in [-0.05, 0) is 199 Å². The highest BCUT2D eigenvalue weighted by molar-refractivity contribution is 6.25. The lowest BCUT2D eigenvalue weighted by Crippen LogP contribution is -2.15. The van der Waals surface area contributed by atoms with Crippen molar-refractivity contribution in [3.05, 3.63) is 435 Å². The van der Waals surface area contributed by atoms with Crippen molar-refractivity contribution in [2.24, 2.45) is 0 Å². The number of hydrogen-bond acceptors (Lipinski definition) is 6. The Bertz CT molecular complexity index is 8800. The van der Waals surface area contributed by atoms with Crippen LogP contribution < -0.4 is 0 Å². The normalized spacial score (nSPS) is 13.0. The van der Waals surface area contributed by atoms with Crippen molar-refractivity contribution in [2.45, 2.75) is 38.5 Å². The van der Waals surface area contributed by atoms with Crippen LogP contribution in [0.2, 0.25) is 0 Å². The largest absolute Gasteiger partial charge is 0.307 e. The first kappa shape index (κ1) is 74.6. The van der Waals surface area contributed by atoms with Crippen LogP contribution in [0.25, 0.3) is 234 Å². The fourth-order valence-electron chi connectivity index (χ4n) is 21.3. The van der Waals surface area contributed by atoms with Gasteiger partial charge in [-0.2, -0.15) is 0 Å². The number of benzene rings is 18. The summed E-state index contributed by atoms with van der Waals surface area (Å²) in [5, 5.41) is 9.61. The molecule has 2 aliphatic carbocycles. The minimum Gasteiger partial charge on any atom is -0.307 e. The van der Waals surface area contributed by atoms with E-state index in [1.807, 2.05) is 6.07 Å². The number of nitrogens with zero attached hydrogens (tertiary/aromatic N) is 10. The van der Waals surface area contributed by atoms with Gasteiger partial charge in [-0.15, -0.1) is 0 Å². The first-order valence-electron chi connectivity index (χ1n) is 44.6. The SMILES string of the molecule is CC1(C)c2ccccc2-c2ccc(-c3nc(-c4ccc(-n5c6ccccc6c6ccc7c8ccccc8n(-c8ccccc8)c7c65)cc4)nc(-c4ccc5c(c4)C(C)(C)c4cc(-c6cccc(-c7ccc(-c8nc(-c9ccc(-c%10ccccc%10)cc9)nc(-c9ccc(-n%10c%11ccccc%11c%11ccc%12c%13ccccc%13n(-c%13ccccc%13)c%12c%11%10)cc9)n8)cc7)c6)ccc4-5)n3)cc21. The maximum Gasteiger partial charge on any atom is 0.164 e. The minimum atomic E-state index is -0.384. The van der Waals surface area contributed by atoms with E-state index in [9.17, 15) is 0 Å². The Morgan fingerprint density at radius 3 is 0.785 bits per heavy atom. The summed E-state index contributed by atoms with van der Waals surface area (Å²) >= 11 is 0. The van der Waals surface area contributed by atoms with E-state index in [1.54, 1.807) is 0 Å². The molecule has 24 aromatic rings. The highest BCUT2D eigenvalue weighted by Crippen LogP contribution is 2.54. The number of aromatic nitrogens is 10. The molecule has 0 spiro atoms. The molecule has 0 atom stereocenters. The molecule has 2 aliphatic rings. The van der Waals surface area contributed by atoms with E-state index in [4.69, 9.17) is 29.9 Å². The van der Waals surface area contributed by atoms with Crippen LogP contribution in [0.1, 0.15) is 49.9 Å². The monoisotopic (exact) mass is 1660 g/mol. The molecule has 6 heterocycles. The Labute approximate surface area is 750 Å². The zero-order valence-corrected chi connectivity index (χ0v) is 71.7. The van der Waals surface area contributed by atoms with Crippen molar-refractivity contribution in [2.75, 3.05) is 0 Å². The molecule has 0 aliphatic heterocycles. The van der Waals surface area contributed by atoms with Gasteiger partial charge in [0.2, 0.25) is 0 Å². The highest BCUT2D eigenvalue weighted by atomic mass is 15.1. The molecular formula is C120H80N10. The minimum absolute atomic E-state index is 0.227. The molecule has 0 amide bonds. The van der Waals surface area contributed by atoms with E-state index < -0.39 is 0 Å². The Morgan fingerprint density at radius 2 is 0.400 bits per heavy atom. The van der Waals surface area contributed by atoms with Gasteiger partial charge in [-0.25, -0.2) is 29.9 Å². The molecule has 10 heteroatoms. The summed E-state index contributed by atoms with van der Waals surface area (Å²) in [6.07, 6.45) is 0. The van der Waals surface area contributed by atoms with Crippen LogP contribution in [0.3, 0.4) is 0 Å². The smallest absolute Gasteiger partial charge is 0.164 e. The Kier molecular flexibility index (Phi) is 16.6. The molecule has 0 saturated heterocycles. The van der Waals surface area contributed by atoms with Crippen molar-refractivity contribution in [3.8, 4) is 147 Å². The van der Waals surface area contributed by atoms with Crippen molar-refractivity contribution < 1.29 is 0 Å². The van der Waals surface area contributed by atoms with Gasteiger partial charge in [0.05, 0.1) is 44.1 Å². The van der Waals surface area contributed by atoms with E-state index in [2.05, 4.69) is 452 Å². The molecule has 18 aromatic carbocycles. The molecule has 0 fully saturated rings. The van der Waals surface area contributed by atoms with Crippen LogP contribution in [0, 0.1) is 0 Å². The highest BCUT2D eigenvalue weighted by Gasteiger charge is 2.38. The summed E-state index contributed by atoms with van der Waals surface area (Å²) in [5.74, 6) is 3.60. The van der Waals surface area contributed by atoms with Gasteiger partial charge in [0, 0.05) is 110 Å². The summed E-state index contributed by atoms with van der Waals surface area (Å²) in [5.41, 5.74) is 35.1. The van der Waals surface area contributed by atoms with Crippen LogP contribution >= 0.6 is 0 Å². The molecule has 10 nitrogen and oxygen atoms in total. The molecule has 0 radical (unpaired) electrons. The van der Waals surface area contributed by atoms with Crippen molar-refractivity contribution in [1.29, 1.82) is 0 Å². The van der Waals surface area contributed by atoms with E-state index in [0.29, 0.717) is 34.9 Å². The second kappa shape index (κ2) is 28.9. The lowest BCUT2D eigenvalue weighted by Gasteiger charge is -2.23. The number of hydrogen-bond donors (Lipinski definition) is 0. The van der Waals surface area contributed by atoms with Gasteiger partial charge in [-0.1, -0.05) is 319 Å². The van der Waals surface area contributed by atoms with Gasteiger partial charge in [0.15, 0.2) is 34.9 Å². The van der Waals surface area contributed by atoms with Gasteiger partial charge < -0.3 is 18.3 Å². The van der Waals surface area contributed by atoms with Crippen molar-refractivity contribution in [1.82, 2.24) is 48.2 Å². The molecular weight excluding hydrogens is 1580 g/mol. The van der Waals surface area contributed by atoms with Crippen LogP contribution in [0.4, 0.5) is 0 Å². The zero-order valence-electron chi connectivity index (χ0n) is 71.7. The van der Waals surface area contributed by atoms with Gasteiger partial charge in [0.25, 0.3) is 0 Å². The van der Waals surface area contributed by atoms with Crippen molar-refractivity contribution >= 4 is 87.2 Å². The third kappa shape index (κ3) is 11.6. The topological polar surface area (TPSA) is 97.1 Å². The fraction of sp³-hybridized carbons (Fsp3) is 0.0500. The van der Waals surface area contributed by atoms with Crippen LogP contribution in [0.5, 0.6) is 0 Å². The Morgan fingerprint density at radius 1 is 0.162 bits per heavy atom. The molecule has 0 N–H and O–H groups in total. The Balaban J connectivity index is 0.531. The van der Waals surface area contributed by atoms with E-state index >= 15 is 0 Å². The molecule has 6 aromatic heterocycles. The lowest BCUT2D eigenvalue weighted by molar-refractivity contribution is 0.660. The van der Waals surface area contributed by atoms with E-state index in [0.717, 1.165) is 128 Å². The predicted octanol–water partition coefficient (Wildman–Crippen LogP) is 30.1. The molecule has 26 rings (SSSR count). The van der Waals surface area contributed by atoms with Crippen LogP contribution in [0.15, 0.2) is 413 Å². The molecule has 610 valence electrons. The Hall–Kier alpha value is -16.8. The average Bonchev–Trinajstić information content (AvgIpc) is 1.57. The van der Waals surface area contributed by atoms with Crippen LogP contribution in [-0.2, 0) is 10.8 Å². The van der Waals surface area contributed by atoms with Crippen molar-refractivity contribution in [3.63, 3.8) is 0 Å². The average molecular weight is 1660 g/mol. The summed E-state index contributed by atoms with van der Waals surface area (Å²) in [6, 6.07) is 149. The van der Waals surface area contributed by atoms with Gasteiger partial charge in [0.1, 0.15) is 0 Å². The molecule has 0 unspecified atom stereocenters. The molecule has 0 bridgehead atoms. The summed E-state index contributed by atoms with van der Waals surface area (Å²) in [6.45, 7) is 9.37. The van der Waals surface area contributed by atoms with E-state index in [-0.39, 0.29) is 10.8 Å². The maximum atomic E-state index is 5.50. The first-order valence-corrected chi connectivity index (χ1v) is 44.6. The van der Waals surface area contributed by atoms with E-state index in [1.165, 1.54) is 93.1 Å². The second-order valence-corrected chi connectivity index (χ2v) is 35.7. The predicted molar refractivity (Wildman–Crippen MR) is 535 cm³/mol. The number of rotatable bonds is 13. The fourth-order valence-corrected chi connectivity index (χ4v) is 21.3. The summed E-state index contributed by atoms with van der Waals surface area (Å²) in [7, 11) is 0. The second-order valence-electron chi connectivity index (χ2n) is 35.7. The standard InChI is InChI=1S/C120H80N10/c1-119(2)101-38-19-14-33-89(101)90-63-56-83(71-103(90)119)117-124-116(79-53-60-88(61-54-79)130-108-42-23-18-37-96(108)100-68-66-98-94-35-16-21-40-106(94)128(110(98)112(100)130)86-31-12-7-13-32-86)125-118(126-117)84-57-64-92-91-62-55-82(70-102(91)120(3,4)104(92)72-84)81-28-24-27-80(69-81)75-45-49-77(50-46-75)114-121-113(76-47-43-74(44-48-76)73-25-8-5-9-26-73)122-115(123-114)78-51-58-87(59-52-78)129-107-41-22-17-36-95(107)99-67-65-97-93-34-15-20-39-105(93)127(109(97)111(99)129)85-29-10-6-11-30-85/h5-72H,1-4H3. The third-order valence-electron chi connectivity index (χ3n) is 27.7. The van der Waals surface area contributed by atoms with Crippen LogP contribution in [-0.4, -0.2) is 48.2 Å². The van der Waals surface area contributed by atoms with Gasteiger partial charge in [-0.3, -0.25) is 0 Å². The van der Waals surface area contributed by atoms with Gasteiger partial charge >= 0.3 is 0 Å².